The third-order valence-electron chi connectivity index (χ3n) is 5.42. The van der Waals surface area contributed by atoms with Crippen LogP contribution in [0.4, 0.5) is 0 Å². The lowest BCUT2D eigenvalue weighted by molar-refractivity contribution is -0.147. The van der Waals surface area contributed by atoms with E-state index in [2.05, 4.69) is 21.3 Å². The number of nitrogens with one attached hydrogen (secondary N) is 4. The van der Waals surface area contributed by atoms with Gasteiger partial charge in [-0.1, -0.05) is 12.1 Å². The molecule has 196 valence electrons. The number of carboxylic acid groups (broad SMARTS) is 2. The standard InChI is InChI=1S/C22H29N5O9/c23-17(29)9-15(26-19(32)13-2-1-7-24-13)21(34)25-14(8-11-3-5-12(28)6-4-11)20(33)27-16(22(35)36)10-18(30)31/h3-6,13-16,24,28H,1-2,7-10H2,(H2,23,29)(H,25,34)(H,26,32)(H,27,33)(H,30,31)(H,35,36). The highest BCUT2D eigenvalue weighted by Crippen LogP contribution is 2.12. The molecule has 0 aliphatic carbocycles. The molecule has 4 amide bonds. The number of hydrogen-bond donors (Lipinski definition) is 8. The molecule has 14 nitrogen and oxygen atoms in total. The number of amides is 4. The smallest absolute Gasteiger partial charge is 0.326 e. The normalized spacial score (nSPS) is 17.3. The molecular weight excluding hydrogens is 478 g/mol. The first-order valence-electron chi connectivity index (χ1n) is 11.1. The van der Waals surface area contributed by atoms with Crippen molar-refractivity contribution < 1.29 is 44.1 Å². The van der Waals surface area contributed by atoms with E-state index in [1.807, 2.05) is 0 Å². The maximum absolute atomic E-state index is 13.0. The summed E-state index contributed by atoms with van der Waals surface area (Å²) in [7, 11) is 0. The molecule has 1 aliphatic rings. The van der Waals surface area contributed by atoms with Gasteiger partial charge in [-0.25, -0.2) is 4.79 Å². The Hall–Kier alpha value is -4.20. The topological polar surface area (TPSA) is 237 Å². The minimum atomic E-state index is -1.77. The van der Waals surface area contributed by atoms with Crippen molar-refractivity contribution in [3.05, 3.63) is 29.8 Å². The van der Waals surface area contributed by atoms with Crippen LogP contribution in [0.1, 0.15) is 31.2 Å². The van der Waals surface area contributed by atoms with E-state index in [1.165, 1.54) is 24.3 Å². The molecule has 2 rings (SSSR count). The van der Waals surface area contributed by atoms with Crippen LogP contribution in [-0.4, -0.2) is 81.6 Å². The Morgan fingerprint density at radius 2 is 1.53 bits per heavy atom. The van der Waals surface area contributed by atoms with E-state index in [0.29, 0.717) is 18.5 Å². The second kappa shape index (κ2) is 13.0. The Bertz CT molecular complexity index is 992. The van der Waals surface area contributed by atoms with Gasteiger partial charge in [-0.05, 0) is 37.1 Å². The van der Waals surface area contributed by atoms with Gasteiger partial charge in [0.15, 0.2) is 0 Å². The second-order valence-corrected chi connectivity index (χ2v) is 8.31. The zero-order valence-electron chi connectivity index (χ0n) is 19.2. The quantitative estimate of drug-likeness (QED) is 0.140. The van der Waals surface area contributed by atoms with Crippen molar-refractivity contribution in [3.63, 3.8) is 0 Å². The number of phenols is 1. The van der Waals surface area contributed by atoms with Crippen LogP contribution in [0.15, 0.2) is 24.3 Å². The van der Waals surface area contributed by atoms with E-state index in [4.69, 9.17) is 10.8 Å². The van der Waals surface area contributed by atoms with Gasteiger partial charge >= 0.3 is 11.9 Å². The largest absolute Gasteiger partial charge is 0.508 e. The molecule has 0 aromatic heterocycles. The van der Waals surface area contributed by atoms with Crippen LogP contribution < -0.4 is 27.0 Å². The van der Waals surface area contributed by atoms with Crippen LogP contribution in [0.5, 0.6) is 5.75 Å². The van der Waals surface area contributed by atoms with Crippen molar-refractivity contribution in [1.82, 2.24) is 21.3 Å². The van der Waals surface area contributed by atoms with Crippen molar-refractivity contribution >= 4 is 35.6 Å². The maximum Gasteiger partial charge on any atom is 0.326 e. The van der Waals surface area contributed by atoms with Crippen molar-refractivity contribution in [2.24, 2.45) is 5.73 Å². The van der Waals surface area contributed by atoms with Crippen molar-refractivity contribution in [3.8, 4) is 5.75 Å². The van der Waals surface area contributed by atoms with Gasteiger partial charge in [0.2, 0.25) is 23.6 Å². The second-order valence-electron chi connectivity index (χ2n) is 8.31. The molecule has 1 aromatic rings. The monoisotopic (exact) mass is 507 g/mol. The van der Waals surface area contributed by atoms with E-state index in [1.54, 1.807) is 0 Å². The Balaban J connectivity index is 2.23. The van der Waals surface area contributed by atoms with Crippen LogP contribution >= 0.6 is 0 Å². The highest BCUT2D eigenvalue weighted by Gasteiger charge is 2.32. The lowest BCUT2D eigenvalue weighted by Crippen LogP contribution is -2.58. The summed E-state index contributed by atoms with van der Waals surface area (Å²) in [6.07, 6.45) is -0.369. The fourth-order valence-corrected chi connectivity index (χ4v) is 3.59. The molecule has 36 heavy (non-hydrogen) atoms. The number of carbonyl (C=O) groups excluding carboxylic acids is 4. The van der Waals surface area contributed by atoms with Crippen LogP contribution in [0, 0.1) is 0 Å². The van der Waals surface area contributed by atoms with E-state index < -0.39 is 72.6 Å². The molecule has 1 heterocycles. The summed E-state index contributed by atoms with van der Waals surface area (Å²) in [6, 6.07) is 0.421. The van der Waals surface area contributed by atoms with Gasteiger partial charge in [-0.15, -0.1) is 0 Å². The molecule has 9 N–H and O–H groups in total. The summed E-state index contributed by atoms with van der Waals surface area (Å²) in [6.45, 7) is 0.612. The van der Waals surface area contributed by atoms with Crippen LogP contribution in [0.2, 0.25) is 0 Å². The third-order valence-corrected chi connectivity index (χ3v) is 5.42. The zero-order valence-corrected chi connectivity index (χ0v) is 19.2. The summed E-state index contributed by atoms with van der Waals surface area (Å²) >= 11 is 0. The Labute approximate surface area is 205 Å². The predicted octanol–water partition coefficient (Wildman–Crippen LogP) is -2.42. The van der Waals surface area contributed by atoms with Crippen LogP contribution in [-0.2, 0) is 35.2 Å². The summed E-state index contributed by atoms with van der Waals surface area (Å²) in [5, 5.41) is 37.5. The molecule has 4 atom stereocenters. The molecule has 4 unspecified atom stereocenters. The molecule has 0 radical (unpaired) electrons. The first-order chi connectivity index (χ1) is 17.0. The third kappa shape index (κ3) is 8.87. The van der Waals surface area contributed by atoms with Crippen LogP contribution in [0.25, 0.3) is 0 Å². The molecule has 0 spiro atoms. The van der Waals surface area contributed by atoms with E-state index in [-0.39, 0.29) is 12.2 Å². The predicted molar refractivity (Wildman–Crippen MR) is 122 cm³/mol. The number of carboxylic acids is 2. The van der Waals surface area contributed by atoms with E-state index >= 15 is 0 Å². The summed E-state index contributed by atoms with van der Waals surface area (Å²) in [5.41, 5.74) is 5.69. The lowest BCUT2D eigenvalue weighted by atomic mass is 10.0. The number of rotatable bonds is 13. The molecule has 0 saturated carbocycles. The molecule has 0 bridgehead atoms. The minimum absolute atomic E-state index is 0.0547. The zero-order chi connectivity index (χ0) is 26.8. The van der Waals surface area contributed by atoms with Crippen molar-refractivity contribution in [2.45, 2.75) is 56.3 Å². The molecule has 1 aliphatic heterocycles. The summed E-state index contributed by atoms with van der Waals surface area (Å²) in [4.78, 5) is 72.3. The molecule has 14 heteroatoms. The fourth-order valence-electron chi connectivity index (χ4n) is 3.59. The fraction of sp³-hybridized carbons (Fsp3) is 0.455. The number of nitrogens with two attached hydrogens (primary N) is 1. The van der Waals surface area contributed by atoms with Crippen LogP contribution in [0.3, 0.4) is 0 Å². The summed E-state index contributed by atoms with van der Waals surface area (Å²) < 4.78 is 0. The average molecular weight is 508 g/mol. The number of carbonyl (C=O) groups is 6. The molecule has 1 saturated heterocycles. The SMILES string of the molecule is NC(=O)CC(NC(=O)C1CCCN1)C(=O)NC(Cc1ccc(O)cc1)C(=O)NC(CC(=O)O)C(=O)O. The number of phenolic OH excluding ortho intramolecular Hbond substituents is 1. The number of aliphatic carboxylic acids is 2. The molecule has 1 aromatic carbocycles. The summed E-state index contributed by atoms with van der Waals surface area (Å²) in [5.74, 6) is -6.46. The van der Waals surface area contributed by atoms with Gasteiger partial charge in [0, 0.05) is 6.42 Å². The first-order valence-corrected chi connectivity index (χ1v) is 11.1. The molecule has 1 fully saturated rings. The van der Waals surface area contributed by atoms with Gasteiger partial charge in [0.1, 0.15) is 23.9 Å². The van der Waals surface area contributed by atoms with Gasteiger partial charge in [0.05, 0.1) is 18.9 Å². The van der Waals surface area contributed by atoms with Gasteiger partial charge in [0.25, 0.3) is 0 Å². The van der Waals surface area contributed by atoms with Crippen molar-refractivity contribution in [1.29, 1.82) is 0 Å². The van der Waals surface area contributed by atoms with Gasteiger partial charge < -0.3 is 42.3 Å². The van der Waals surface area contributed by atoms with E-state index in [0.717, 1.165) is 6.42 Å². The number of primary amides is 1. The first kappa shape index (κ1) is 28.0. The number of hydrogen-bond acceptors (Lipinski definition) is 8. The van der Waals surface area contributed by atoms with E-state index in [9.17, 15) is 39.0 Å². The number of benzene rings is 1. The van der Waals surface area contributed by atoms with Gasteiger partial charge in [-0.2, -0.15) is 0 Å². The Morgan fingerprint density at radius 3 is 2.06 bits per heavy atom. The number of aromatic hydroxyl groups is 1. The highest BCUT2D eigenvalue weighted by atomic mass is 16.4. The maximum atomic E-state index is 13.0. The van der Waals surface area contributed by atoms with Crippen molar-refractivity contribution in [2.75, 3.05) is 6.54 Å². The lowest BCUT2D eigenvalue weighted by Gasteiger charge is -2.24. The average Bonchev–Trinajstić information content (AvgIpc) is 3.33. The molecular formula is C22H29N5O9. The highest BCUT2D eigenvalue weighted by molar-refractivity contribution is 5.96. The minimum Gasteiger partial charge on any atom is -0.508 e. The Morgan fingerprint density at radius 1 is 0.917 bits per heavy atom. The Kier molecular flexibility index (Phi) is 10.2. The van der Waals surface area contributed by atoms with Gasteiger partial charge in [-0.3, -0.25) is 24.0 Å².